The van der Waals surface area contributed by atoms with E-state index in [0.717, 1.165) is 28.2 Å². The number of nitrogens with zero attached hydrogens (tertiary/aromatic N) is 3. The lowest BCUT2D eigenvalue weighted by Gasteiger charge is -2.40. The molecule has 0 N–H and O–H groups in total. The summed E-state index contributed by atoms with van der Waals surface area (Å²) in [6.45, 7) is 2.30. The second kappa shape index (κ2) is 12.8. The smallest absolute Gasteiger partial charge is 0.0930 e. The maximum absolute atomic E-state index is 5.37. The number of aromatic nitrogens is 3. The highest BCUT2D eigenvalue weighted by molar-refractivity contribution is 6.10. The maximum atomic E-state index is 5.37. The molecule has 0 saturated carbocycles. The Morgan fingerprint density at radius 2 is 1.14 bits per heavy atom. The first-order valence-electron chi connectivity index (χ1n) is 19.4. The van der Waals surface area contributed by atoms with Gasteiger partial charge < -0.3 is 4.57 Å². The van der Waals surface area contributed by atoms with E-state index >= 15 is 0 Å². The van der Waals surface area contributed by atoms with Gasteiger partial charge in [0.1, 0.15) is 0 Å². The minimum absolute atomic E-state index is 0.223. The quantitative estimate of drug-likeness (QED) is 0.178. The van der Waals surface area contributed by atoms with E-state index in [4.69, 9.17) is 9.97 Å². The van der Waals surface area contributed by atoms with Crippen LogP contribution in [0.3, 0.4) is 0 Å². The van der Waals surface area contributed by atoms with Crippen molar-refractivity contribution in [1.29, 1.82) is 0 Å². The number of rotatable bonds is 5. The third-order valence-corrected chi connectivity index (χ3v) is 11.9. The van der Waals surface area contributed by atoms with E-state index in [1.165, 1.54) is 66.4 Å². The van der Waals surface area contributed by atoms with Crippen LogP contribution in [0.5, 0.6) is 0 Å². The summed E-state index contributed by atoms with van der Waals surface area (Å²) in [5.41, 5.74) is 16.9. The molecule has 2 heterocycles. The molecule has 2 atom stereocenters. The van der Waals surface area contributed by atoms with E-state index in [2.05, 4.69) is 206 Å². The molecular weight excluding hydrogens is 679 g/mol. The molecule has 0 spiro atoms. The molecule has 264 valence electrons. The van der Waals surface area contributed by atoms with Crippen molar-refractivity contribution < 1.29 is 0 Å². The van der Waals surface area contributed by atoms with Crippen molar-refractivity contribution in [2.75, 3.05) is 0 Å². The third-order valence-electron chi connectivity index (χ3n) is 11.9. The van der Waals surface area contributed by atoms with Crippen LogP contribution in [0.25, 0.3) is 83.4 Å². The van der Waals surface area contributed by atoms with Crippen molar-refractivity contribution in [3.63, 3.8) is 0 Å². The number of allylic oxidation sites excluding steroid dienone is 4. The van der Waals surface area contributed by atoms with Gasteiger partial charge in [0.15, 0.2) is 0 Å². The zero-order chi connectivity index (χ0) is 37.2. The third kappa shape index (κ3) is 5.12. The second-order valence-corrected chi connectivity index (χ2v) is 15.2. The lowest BCUT2D eigenvalue weighted by atomic mass is 9.63. The fraction of sp³-hybridized carbons (Fsp3) is 0.0566. The van der Waals surface area contributed by atoms with Crippen LogP contribution in [0, 0.1) is 0 Å². The number of para-hydroxylation sites is 2. The van der Waals surface area contributed by atoms with E-state index in [9.17, 15) is 0 Å². The summed E-state index contributed by atoms with van der Waals surface area (Å²) in [5, 5.41) is 2.52. The SMILES string of the molecule is CC12C=CC=CC1c1ccccc1-c1ncc(-c3cccc(-c4cccc(-c5ccc(-c6ccc7c(c6)c6ccccc6n7-c6ccccc6)cc5)c4)c3)nc12. The Bertz CT molecular complexity index is 3040. The fourth-order valence-corrected chi connectivity index (χ4v) is 9.07. The number of hydrogen-bond acceptors (Lipinski definition) is 2. The Hall–Kier alpha value is -7.10. The molecule has 0 fully saturated rings. The molecule has 0 saturated heterocycles. The monoisotopic (exact) mass is 715 g/mol. The summed E-state index contributed by atoms with van der Waals surface area (Å²) in [6, 6.07) is 61.3. The first-order valence-corrected chi connectivity index (χ1v) is 19.4. The highest BCUT2D eigenvalue weighted by atomic mass is 15.0. The van der Waals surface area contributed by atoms with Crippen LogP contribution in [0.15, 0.2) is 200 Å². The summed E-state index contributed by atoms with van der Waals surface area (Å²) in [6.07, 6.45) is 10.9. The van der Waals surface area contributed by atoms with E-state index in [1.807, 2.05) is 6.20 Å². The average molecular weight is 716 g/mol. The van der Waals surface area contributed by atoms with Gasteiger partial charge in [-0.2, -0.15) is 0 Å². The van der Waals surface area contributed by atoms with Crippen LogP contribution in [-0.2, 0) is 5.41 Å². The molecule has 2 aliphatic rings. The Labute approximate surface area is 326 Å². The highest BCUT2D eigenvalue weighted by Gasteiger charge is 2.43. The van der Waals surface area contributed by atoms with Crippen molar-refractivity contribution in [3.8, 4) is 61.6 Å². The van der Waals surface area contributed by atoms with Gasteiger partial charge in [-0.15, -0.1) is 0 Å². The summed E-state index contributed by atoms with van der Waals surface area (Å²) in [5.74, 6) is 0.223. The topological polar surface area (TPSA) is 30.7 Å². The first kappa shape index (κ1) is 32.3. The fourth-order valence-electron chi connectivity index (χ4n) is 9.07. The van der Waals surface area contributed by atoms with Crippen molar-refractivity contribution >= 4 is 21.8 Å². The normalized spacial score (nSPS) is 16.8. The molecule has 3 nitrogen and oxygen atoms in total. The Kier molecular flexibility index (Phi) is 7.36. The maximum Gasteiger partial charge on any atom is 0.0930 e. The number of fused-ring (bicyclic) bond motifs is 9. The molecule has 0 bridgehead atoms. The minimum atomic E-state index is -0.265. The lowest BCUT2D eigenvalue weighted by Crippen LogP contribution is -2.34. The van der Waals surface area contributed by atoms with Crippen LogP contribution in [-0.4, -0.2) is 14.5 Å². The van der Waals surface area contributed by atoms with E-state index in [0.29, 0.717) is 0 Å². The van der Waals surface area contributed by atoms with Crippen LogP contribution >= 0.6 is 0 Å². The molecule has 2 unspecified atom stereocenters. The van der Waals surface area contributed by atoms with Gasteiger partial charge in [0, 0.05) is 38.9 Å². The van der Waals surface area contributed by atoms with Crippen molar-refractivity contribution in [2.45, 2.75) is 18.3 Å². The highest BCUT2D eigenvalue weighted by Crippen LogP contribution is 2.52. The molecule has 11 rings (SSSR count). The van der Waals surface area contributed by atoms with Gasteiger partial charge >= 0.3 is 0 Å². The summed E-state index contributed by atoms with van der Waals surface area (Å²) < 4.78 is 2.36. The number of benzene rings is 7. The van der Waals surface area contributed by atoms with E-state index in [-0.39, 0.29) is 11.3 Å². The molecule has 0 amide bonds. The molecule has 7 aromatic carbocycles. The van der Waals surface area contributed by atoms with Crippen molar-refractivity contribution in [2.24, 2.45) is 0 Å². The van der Waals surface area contributed by atoms with Crippen molar-refractivity contribution in [3.05, 3.63) is 212 Å². The molecule has 3 heteroatoms. The predicted molar refractivity (Wildman–Crippen MR) is 232 cm³/mol. The van der Waals surface area contributed by atoms with Crippen LogP contribution in [0.2, 0.25) is 0 Å². The largest absolute Gasteiger partial charge is 0.309 e. The molecule has 0 aliphatic heterocycles. The van der Waals surface area contributed by atoms with Crippen molar-refractivity contribution in [1.82, 2.24) is 14.5 Å². The van der Waals surface area contributed by atoms with Crippen LogP contribution < -0.4 is 0 Å². The molecule has 2 aliphatic carbocycles. The van der Waals surface area contributed by atoms with Crippen LogP contribution in [0.1, 0.15) is 24.1 Å². The van der Waals surface area contributed by atoms with Gasteiger partial charge in [0.25, 0.3) is 0 Å². The van der Waals surface area contributed by atoms with Gasteiger partial charge in [-0.05, 0) is 88.3 Å². The molecule has 2 aromatic heterocycles. The summed E-state index contributed by atoms with van der Waals surface area (Å²) >= 11 is 0. The van der Waals surface area contributed by atoms with Gasteiger partial charge in [-0.1, -0.05) is 152 Å². The summed E-state index contributed by atoms with van der Waals surface area (Å²) in [7, 11) is 0. The molecule has 56 heavy (non-hydrogen) atoms. The van der Waals surface area contributed by atoms with E-state index in [1.54, 1.807) is 0 Å². The summed E-state index contributed by atoms with van der Waals surface area (Å²) in [4.78, 5) is 10.4. The standard InChI is InChI=1S/C53H37N3/c1-53-30-10-9-22-47(53)43-19-5-6-21-45(43)51-52(53)55-48(34-54-51)41-16-12-15-39(32-41)38-14-11-13-37(31-38)35-24-26-36(27-25-35)40-28-29-50-46(33-40)44-20-7-8-23-49(44)56(50)42-17-3-2-4-18-42/h2-34,47H,1H3. The Balaban J connectivity index is 0.907. The second-order valence-electron chi connectivity index (χ2n) is 15.2. The van der Waals surface area contributed by atoms with Gasteiger partial charge in [-0.3, -0.25) is 4.98 Å². The van der Waals surface area contributed by atoms with Gasteiger partial charge in [0.05, 0.1) is 34.3 Å². The van der Waals surface area contributed by atoms with Gasteiger partial charge in [0.2, 0.25) is 0 Å². The first-order chi connectivity index (χ1) is 27.6. The molecule has 0 radical (unpaired) electrons. The predicted octanol–water partition coefficient (Wildman–Crippen LogP) is 13.4. The minimum Gasteiger partial charge on any atom is -0.309 e. The van der Waals surface area contributed by atoms with Crippen LogP contribution in [0.4, 0.5) is 0 Å². The lowest BCUT2D eigenvalue weighted by molar-refractivity contribution is 0.501. The molecular formula is C53H37N3. The average Bonchev–Trinajstić information content (AvgIpc) is 3.60. The Morgan fingerprint density at radius 1 is 0.518 bits per heavy atom. The zero-order valence-electron chi connectivity index (χ0n) is 31.0. The van der Waals surface area contributed by atoms with E-state index < -0.39 is 0 Å². The number of hydrogen-bond donors (Lipinski definition) is 0. The Morgan fingerprint density at radius 3 is 1.95 bits per heavy atom. The molecule has 9 aromatic rings. The zero-order valence-corrected chi connectivity index (χ0v) is 31.0. The van der Waals surface area contributed by atoms with Gasteiger partial charge in [-0.25, -0.2) is 4.98 Å².